The van der Waals surface area contributed by atoms with E-state index in [2.05, 4.69) is 68.4 Å². The van der Waals surface area contributed by atoms with E-state index in [0.717, 1.165) is 12.3 Å². The molecule has 19 heavy (non-hydrogen) atoms. The summed E-state index contributed by atoms with van der Waals surface area (Å²) in [5.41, 5.74) is 4.40. The van der Waals surface area contributed by atoms with Crippen molar-refractivity contribution in [1.29, 1.82) is 0 Å². The summed E-state index contributed by atoms with van der Waals surface area (Å²) in [4.78, 5) is 0. The molecule has 0 aliphatic rings. The molecule has 1 atom stereocenters. The standard InChI is InChI=1S/C19H24/c1-3-9-16(2)14-18-12-7-8-13-19(18)15-17-10-5-4-6-11-17/h4-8,10-13,16H,3,9,14-15H2,1-2H3. The minimum absolute atomic E-state index is 0.780. The average Bonchev–Trinajstić information content (AvgIpc) is 2.42. The van der Waals surface area contributed by atoms with Crippen LogP contribution >= 0.6 is 0 Å². The van der Waals surface area contributed by atoms with Crippen molar-refractivity contribution < 1.29 is 0 Å². The molecule has 0 bridgehead atoms. The third-order valence-electron chi connectivity index (χ3n) is 3.71. The third kappa shape index (κ3) is 4.24. The SMILES string of the molecule is CCCC(C)Cc1ccccc1Cc1ccccc1. The first-order valence-electron chi connectivity index (χ1n) is 7.40. The Morgan fingerprint density at radius 1 is 0.842 bits per heavy atom. The van der Waals surface area contributed by atoms with Gasteiger partial charge in [0.2, 0.25) is 0 Å². The van der Waals surface area contributed by atoms with E-state index in [4.69, 9.17) is 0 Å². The van der Waals surface area contributed by atoms with E-state index < -0.39 is 0 Å². The molecule has 0 aromatic heterocycles. The monoisotopic (exact) mass is 252 g/mol. The van der Waals surface area contributed by atoms with Crippen LogP contribution in [0.5, 0.6) is 0 Å². The van der Waals surface area contributed by atoms with Gasteiger partial charge in [-0.25, -0.2) is 0 Å². The zero-order chi connectivity index (χ0) is 13.5. The fourth-order valence-corrected chi connectivity index (χ4v) is 2.72. The second kappa shape index (κ2) is 7.13. The molecule has 0 fully saturated rings. The average molecular weight is 252 g/mol. The van der Waals surface area contributed by atoms with Crippen LogP contribution in [0.15, 0.2) is 54.6 Å². The molecule has 0 heterocycles. The lowest BCUT2D eigenvalue weighted by Gasteiger charge is -2.14. The van der Waals surface area contributed by atoms with Gasteiger partial charge in [-0.3, -0.25) is 0 Å². The van der Waals surface area contributed by atoms with Gasteiger partial charge in [0.05, 0.1) is 0 Å². The van der Waals surface area contributed by atoms with E-state index in [1.807, 2.05) is 0 Å². The lowest BCUT2D eigenvalue weighted by molar-refractivity contribution is 0.521. The van der Waals surface area contributed by atoms with E-state index >= 15 is 0 Å². The predicted molar refractivity (Wildman–Crippen MR) is 83.5 cm³/mol. The third-order valence-corrected chi connectivity index (χ3v) is 3.71. The number of benzene rings is 2. The number of rotatable bonds is 6. The molecule has 1 unspecified atom stereocenters. The maximum absolute atomic E-state index is 2.36. The molecular weight excluding hydrogens is 228 g/mol. The van der Waals surface area contributed by atoms with Gasteiger partial charge in [-0.05, 0) is 35.4 Å². The fourth-order valence-electron chi connectivity index (χ4n) is 2.72. The highest BCUT2D eigenvalue weighted by Crippen LogP contribution is 2.19. The number of hydrogen-bond donors (Lipinski definition) is 0. The lowest BCUT2D eigenvalue weighted by atomic mass is 9.91. The molecule has 0 amide bonds. The summed E-state index contributed by atoms with van der Waals surface area (Å²) in [5.74, 6) is 0.780. The van der Waals surface area contributed by atoms with Crippen molar-refractivity contribution in [3.63, 3.8) is 0 Å². The second-order valence-corrected chi connectivity index (χ2v) is 5.53. The maximum Gasteiger partial charge on any atom is -0.00230 e. The van der Waals surface area contributed by atoms with Crippen molar-refractivity contribution in [3.05, 3.63) is 71.3 Å². The minimum atomic E-state index is 0.780. The summed E-state index contributed by atoms with van der Waals surface area (Å²) in [6.07, 6.45) is 4.86. The van der Waals surface area contributed by atoms with E-state index in [-0.39, 0.29) is 0 Å². The van der Waals surface area contributed by atoms with Crippen LogP contribution in [-0.2, 0) is 12.8 Å². The van der Waals surface area contributed by atoms with Crippen LogP contribution < -0.4 is 0 Å². The lowest BCUT2D eigenvalue weighted by Crippen LogP contribution is -2.03. The Labute approximate surface area is 117 Å². The summed E-state index contributed by atoms with van der Waals surface area (Å²) >= 11 is 0. The van der Waals surface area contributed by atoms with E-state index in [9.17, 15) is 0 Å². The molecule has 0 aliphatic heterocycles. The summed E-state index contributed by atoms with van der Waals surface area (Å²) < 4.78 is 0. The van der Waals surface area contributed by atoms with Crippen molar-refractivity contribution in [2.75, 3.05) is 0 Å². The van der Waals surface area contributed by atoms with Gasteiger partial charge in [0.25, 0.3) is 0 Å². The van der Waals surface area contributed by atoms with E-state index in [1.54, 1.807) is 0 Å². The first-order valence-corrected chi connectivity index (χ1v) is 7.40. The van der Waals surface area contributed by atoms with Gasteiger partial charge in [-0.1, -0.05) is 81.3 Å². The molecule has 0 aliphatic carbocycles. The Morgan fingerprint density at radius 2 is 1.47 bits per heavy atom. The van der Waals surface area contributed by atoms with E-state index in [0.29, 0.717) is 0 Å². The molecule has 0 heteroatoms. The smallest absolute Gasteiger partial charge is 0.00230 e. The maximum atomic E-state index is 2.36. The summed E-state index contributed by atoms with van der Waals surface area (Å²) in [5, 5.41) is 0. The van der Waals surface area contributed by atoms with Crippen LogP contribution in [0.2, 0.25) is 0 Å². The van der Waals surface area contributed by atoms with Gasteiger partial charge in [-0.15, -0.1) is 0 Å². The first kappa shape index (κ1) is 13.9. The van der Waals surface area contributed by atoms with Crippen LogP contribution in [0.25, 0.3) is 0 Å². The van der Waals surface area contributed by atoms with Crippen molar-refractivity contribution in [1.82, 2.24) is 0 Å². The Morgan fingerprint density at radius 3 is 2.16 bits per heavy atom. The largest absolute Gasteiger partial charge is 0.0654 e. The quantitative estimate of drug-likeness (QED) is 0.658. The highest BCUT2D eigenvalue weighted by Gasteiger charge is 2.07. The van der Waals surface area contributed by atoms with Crippen LogP contribution in [0.3, 0.4) is 0 Å². The number of hydrogen-bond acceptors (Lipinski definition) is 0. The fraction of sp³-hybridized carbons (Fsp3) is 0.368. The first-order chi connectivity index (χ1) is 9.29. The summed E-state index contributed by atoms with van der Waals surface area (Å²) in [7, 11) is 0. The van der Waals surface area contributed by atoms with Gasteiger partial charge in [0, 0.05) is 0 Å². The minimum Gasteiger partial charge on any atom is -0.0654 e. The molecule has 2 aromatic rings. The predicted octanol–water partition coefficient (Wildman–Crippen LogP) is 5.26. The zero-order valence-electron chi connectivity index (χ0n) is 12.1. The van der Waals surface area contributed by atoms with Crippen molar-refractivity contribution in [2.45, 2.75) is 39.5 Å². The van der Waals surface area contributed by atoms with Gasteiger partial charge < -0.3 is 0 Å². The Kier molecular flexibility index (Phi) is 5.20. The molecule has 0 radical (unpaired) electrons. The molecule has 100 valence electrons. The van der Waals surface area contributed by atoms with Gasteiger partial charge in [0.15, 0.2) is 0 Å². The second-order valence-electron chi connectivity index (χ2n) is 5.53. The Bertz CT molecular complexity index is 484. The molecule has 0 spiro atoms. The van der Waals surface area contributed by atoms with E-state index in [1.165, 1.54) is 36.0 Å². The summed E-state index contributed by atoms with van der Waals surface area (Å²) in [6, 6.07) is 19.7. The molecule has 0 saturated carbocycles. The van der Waals surface area contributed by atoms with Crippen LogP contribution in [0.1, 0.15) is 43.4 Å². The molecule has 2 rings (SSSR count). The molecular formula is C19H24. The normalized spacial score (nSPS) is 12.3. The van der Waals surface area contributed by atoms with Crippen molar-refractivity contribution in [3.8, 4) is 0 Å². The molecule has 0 N–H and O–H groups in total. The van der Waals surface area contributed by atoms with Crippen molar-refractivity contribution >= 4 is 0 Å². The Balaban J connectivity index is 2.12. The Hall–Kier alpha value is -1.56. The van der Waals surface area contributed by atoms with Gasteiger partial charge >= 0.3 is 0 Å². The van der Waals surface area contributed by atoms with Crippen LogP contribution in [0.4, 0.5) is 0 Å². The van der Waals surface area contributed by atoms with Crippen molar-refractivity contribution in [2.24, 2.45) is 5.92 Å². The molecule has 2 aromatic carbocycles. The van der Waals surface area contributed by atoms with Gasteiger partial charge in [-0.2, -0.15) is 0 Å². The molecule has 0 saturated heterocycles. The highest BCUT2D eigenvalue weighted by atomic mass is 14.1. The topological polar surface area (TPSA) is 0 Å². The van der Waals surface area contributed by atoms with Crippen LogP contribution in [-0.4, -0.2) is 0 Å². The summed E-state index contributed by atoms with van der Waals surface area (Å²) in [6.45, 7) is 4.63. The molecule has 0 nitrogen and oxygen atoms in total. The highest BCUT2D eigenvalue weighted by molar-refractivity contribution is 5.33. The van der Waals surface area contributed by atoms with Gasteiger partial charge in [0.1, 0.15) is 0 Å². The van der Waals surface area contributed by atoms with Crippen LogP contribution in [0, 0.1) is 5.92 Å². The zero-order valence-corrected chi connectivity index (χ0v) is 12.1.